The van der Waals surface area contributed by atoms with E-state index in [1.54, 1.807) is 23.7 Å². The van der Waals surface area contributed by atoms with E-state index in [2.05, 4.69) is 9.97 Å². The van der Waals surface area contributed by atoms with Gasteiger partial charge in [-0.1, -0.05) is 0 Å². The highest BCUT2D eigenvalue weighted by Gasteiger charge is 2.02. The van der Waals surface area contributed by atoms with Gasteiger partial charge in [0.25, 0.3) is 0 Å². The van der Waals surface area contributed by atoms with Crippen molar-refractivity contribution in [3.05, 3.63) is 34.8 Å². The number of halogens is 1. The summed E-state index contributed by atoms with van der Waals surface area (Å²) in [4.78, 5) is 8.32. The molecule has 2 heterocycles. The first kappa shape index (κ1) is 8.72. The number of rotatable bonds is 3. The lowest BCUT2D eigenvalue weighted by atomic mass is 10.6. The molecule has 2 aromatic heterocycles. The number of hydrogen-bond acceptors (Lipinski definition) is 3. The zero-order chi connectivity index (χ0) is 9.10. The summed E-state index contributed by atoms with van der Waals surface area (Å²) in [7, 11) is 0. The van der Waals surface area contributed by atoms with Crippen LogP contribution in [0.3, 0.4) is 0 Å². The molecule has 0 radical (unpaired) electrons. The highest BCUT2D eigenvalue weighted by atomic mass is 35.5. The molecule has 2 aromatic rings. The van der Waals surface area contributed by atoms with E-state index in [0.29, 0.717) is 5.88 Å². The first-order valence-electron chi connectivity index (χ1n) is 3.84. The Balaban J connectivity index is 2.18. The first-order valence-corrected chi connectivity index (χ1v) is 5.26. The van der Waals surface area contributed by atoms with Gasteiger partial charge in [-0.05, 0) is 0 Å². The molecule has 0 bridgehead atoms. The number of hydrogen-bond donors (Lipinski definition) is 0. The number of nitrogens with zero attached hydrogens (tertiary/aromatic N) is 3. The monoisotopic (exact) mass is 213 g/mol. The Bertz CT molecular complexity index is 368. The Kier molecular flexibility index (Phi) is 2.61. The third-order valence-corrected chi connectivity index (χ3v) is 2.71. The molecule has 3 nitrogen and oxygen atoms in total. The second-order valence-electron chi connectivity index (χ2n) is 2.53. The van der Waals surface area contributed by atoms with Gasteiger partial charge in [0.15, 0.2) is 0 Å². The van der Waals surface area contributed by atoms with Crippen molar-refractivity contribution in [3.8, 4) is 0 Å². The summed E-state index contributed by atoms with van der Waals surface area (Å²) in [5.41, 5.74) is 0. The molecule has 68 valence electrons. The molecule has 0 unspecified atom stereocenters. The maximum atomic E-state index is 5.71. The van der Waals surface area contributed by atoms with E-state index < -0.39 is 0 Å². The van der Waals surface area contributed by atoms with Crippen molar-refractivity contribution in [3.63, 3.8) is 0 Å². The lowest BCUT2D eigenvalue weighted by molar-refractivity contribution is 0.750. The van der Waals surface area contributed by atoms with Crippen molar-refractivity contribution < 1.29 is 0 Å². The maximum Gasteiger partial charge on any atom is 0.123 e. The number of thiazole rings is 1. The molecule has 13 heavy (non-hydrogen) atoms. The van der Waals surface area contributed by atoms with Gasteiger partial charge >= 0.3 is 0 Å². The van der Waals surface area contributed by atoms with Gasteiger partial charge in [0.2, 0.25) is 0 Å². The van der Waals surface area contributed by atoms with E-state index in [1.807, 2.05) is 16.1 Å². The van der Waals surface area contributed by atoms with Crippen LogP contribution in [0.15, 0.2) is 24.0 Å². The van der Waals surface area contributed by atoms with Crippen LogP contribution >= 0.6 is 22.9 Å². The SMILES string of the molecule is ClCc1nccn1Cc1nccs1. The van der Waals surface area contributed by atoms with Crippen LogP contribution in [0.25, 0.3) is 0 Å². The van der Waals surface area contributed by atoms with Crippen molar-refractivity contribution in [1.82, 2.24) is 14.5 Å². The fraction of sp³-hybridized carbons (Fsp3) is 0.250. The molecule has 0 aliphatic heterocycles. The zero-order valence-corrected chi connectivity index (χ0v) is 8.42. The third kappa shape index (κ3) is 1.89. The summed E-state index contributed by atoms with van der Waals surface area (Å²) < 4.78 is 2.01. The number of aromatic nitrogens is 3. The minimum atomic E-state index is 0.443. The van der Waals surface area contributed by atoms with Gasteiger partial charge in [0.05, 0.1) is 12.4 Å². The van der Waals surface area contributed by atoms with Crippen LogP contribution in [0.1, 0.15) is 10.8 Å². The van der Waals surface area contributed by atoms with Crippen molar-refractivity contribution in [1.29, 1.82) is 0 Å². The van der Waals surface area contributed by atoms with E-state index >= 15 is 0 Å². The molecule has 0 aliphatic rings. The zero-order valence-electron chi connectivity index (χ0n) is 6.85. The van der Waals surface area contributed by atoms with Gasteiger partial charge in [-0.25, -0.2) is 9.97 Å². The molecular weight excluding hydrogens is 206 g/mol. The Morgan fingerprint density at radius 1 is 1.38 bits per heavy atom. The normalized spacial score (nSPS) is 10.5. The van der Waals surface area contributed by atoms with E-state index in [9.17, 15) is 0 Å². The standard InChI is InChI=1S/C8H8ClN3S/c9-5-7-10-1-3-12(7)6-8-11-2-4-13-8/h1-4H,5-6H2. The van der Waals surface area contributed by atoms with Crippen molar-refractivity contribution in [2.75, 3.05) is 0 Å². The average Bonchev–Trinajstić information content (AvgIpc) is 2.76. The molecule has 2 rings (SSSR count). The van der Waals surface area contributed by atoms with Crippen molar-refractivity contribution in [2.45, 2.75) is 12.4 Å². The number of alkyl halides is 1. The van der Waals surface area contributed by atoms with Crippen LogP contribution in [0, 0.1) is 0 Å². The van der Waals surface area contributed by atoms with Gasteiger partial charge in [-0.2, -0.15) is 0 Å². The molecule has 0 aliphatic carbocycles. The van der Waals surface area contributed by atoms with Gasteiger partial charge < -0.3 is 4.57 Å². The predicted molar refractivity (Wildman–Crippen MR) is 53.0 cm³/mol. The highest BCUT2D eigenvalue weighted by molar-refractivity contribution is 7.09. The molecule has 0 saturated heterocycles. The van der Waals surface area contributed by atoms with E-state index in [-0.39, 0.29) is 0 Å². The molecule has 5 heteroatoms. The Hall–Kier alpha value is -0.870. The van der Waals surface area contributed by atoms with Gasteiger partial charge in [0, 0.05) is 24.0 Å². The average molecular weight is 214 g/mol. The predicted octanol–water partition coefficient (Wildman–Crippen LogP) is 2.13. The molecule has 0 fully saturated rings. The van der Waals surface area contributed by atoms with Gasteiger partial charge in [-0.15, -0.1) is 22.9 Å². The lowest BCUT2D eigenvalue weighted by Crippen LogP contribution is -2.01. The molecule has 0 aromatic carbocycles. The largest absolute Gasteiger partial charge is 0.327 e. The van der Waals surface area contributed by atoms with Crippen LogP contribution < -0.4 is 0 Å². The fourth-order valence-corrected chi connectivity index (χ4v) is 1.93. The summed E-state index contributed by atoms with van der Waals surface area (Å²) in [6.07, 6.45) is 5.47. The van der Waals surface area contributed by atoms with Crippen molar-refractivity contribution >= 4 is 22.9 Å². The molecule has 0 spiro atoms. The molecule has 0 N–H and O–H groups in total. The topological polar surface area (TPSA) is 30.7 Å². The Labute approximate surface area is 85.0 Å². The minimum Gasteiger partial charge on any atom is -0.327 e. The molecule has 0 atom stereocenters. The summed E-state index contributed by atoms with van der Waals surface area (Å²) in [6, 6.07) is 0. The van der Waals surface area contributed by atoms with E-state index in [1.165, 1.54) is 0 Å². The summed E-state index contributed by atoms with van der Waals surface area (Å²) >= 11 is 7.35. The van der Waals surface area contributed by atoms with Gasteiger partial charge in [0.1, 0.15) is 10.8 Å². The second kappa shape index (κ2) is 3.89. The quantitative estimate of drug-likeness (QED) is 0.732. The Morgan fingerprint density at radius 3 is 3.00 bits per heavy atom. The summed E-state index contributed by atoms with van der Waals surface area (Å²) in [6.45, 7) is 0.764. The van der Waals surface area contributed by atoms with E-state index in [0.717, 1.165) is 17.4 Å². The third-order valence-electron chi connectivity index (χ3n) is 1.71. The number of imidazole rings is 1. The van der Waals surface area contributed by atoms with Crippen LogP contribution in [-0.4, -0.2) is 14.5 Å². The summed E-state index contributed by atoms with van der Waals surface area (Å²) in [5, 5.41) is 3.04. The summed E-state index contributed by atoms with van der Waals surface area (Å²) in [5.74, 6) is 1.33. The molecular formula is C8H8ClN3S. The smallest absolute Gasteiger partial charge is 0.123 e. The van der Waals surface area contributed by atoms with Crippen LogP contribution in [0.2, 0.25) is 0 Å². The van der Waals surface area contributed by atoms with Gasteiger partial charge in [-0.3, -0.25) is 0 Å². The van der Waals surface area contributed by atoms with Crippen LogP contribution in [0.4, 0.5) is 0 Å². The fourth-order valence-electron chi connectivity index (χ4n) is 1.09. The molecule has 0 saturated carbocycles. The van der Waals surface area contributed by atoms with Crippen molar-refractivity contribution in [2.24, 2.45) is 0 Å². The van der Waals surface area contributed by atoms with E-state index in [4.69, 9.17) is 11.6 Å². The lowest BCUT2D eigenvalue weighted by Gasteiger charge is -2.01. The maximum absolute atomic E-state index is 5.71. The second-order valence-corrected chi connectivity index (χ2v) is 3.78. The highest BCUT2D eigenvalue weighted by Crippen LogP contribution is 2.09. The minimum absolute atomic E-state index is 0.443. The van der Waals surface area contributed by atoms with Crippen LogP contribution in [0.5, 0.6) is 0 Å². The molecule has 0 amide bonds. The van der Waals surface area contributed by atoms with Crippen LogP contribution in [-0.2, 0) is 12.4 Å². The Morgan fingerprint density at radius 2 is 2.31 bits per heavy atom. The first-order chi connectivity index (χ1) is 6.40.